The number of methoxy groups -OCH3 is 1. The van der Waals surface area contributed by atoms with Crippen LogP contribution in [0.1, 0.15) is 22.4 Å². The summed E-state index contributed by atoms with van der Waals surface area (Å²) in [5, 5.41) is 11.2. The Morgan fingerprint density at radius 2 is 2.03 bits per heavy atom. The Morgan fingerprint density at radius 1 is 1.10 bits per heavy atom. The zero-order valence-corrected chi connectivity index (χ0v) is 16.1. The van der Waals surface area contributed by atoms with Gasteiger partial charge in [-0.1, -0.05) is 12.0 Å². The first-order valence-electron chi connectivity index (χ1n) is 9.33. The lowest BCUT2D eigenvalue weighted by molar-refractivity contribution is -0.110. The molecule has 2 N–H and O–H groups in total. The second-order valence-corrected chi connectivity index (χ2v) is 6.79. The molecule has 2 aromatic heterocycles. The Bertz CT molecular complexity index is 1370. The number of amides is 1. The SMILES string of the molecule is COc1ccc2c(c1)/C(=C\c1ccc3c(C#Cc4cccnc4)n[nH]c3c1)C(=O)N2. The third-order valence-corrected chi connectivity index (χ3v) is 4.89. The molecule has 0 saturated carbocycles. The standard InChI is InChI=1S/C24H16N4O2/c1-30-17-6-9-21-19(13-17)20(24(29)26-21)11-16-4-7-18-22(27-28-23(18)12-16)8-5-15-3-2-10-25-14-15/h2-4,6-7,9-14H,1H3,(H,26,29)(H,27,28)/b20-11+. The van der Waals surface area contributed by atoms with Crippen LogP contribution in [-0.2, 0) is 4.79 Å². The lowest BCUT2D eigenvalue weighted by Crippen LogP contribution is -2.03. The lowest BCUT2D eigenvalue weighted by Gasteiger charge is -2.03. The minimum absolute atomic E-state index is 0.133. The molecule has 3 heterocycles. The molecule has 0 atom stereocenters. The number of anilines is 1. The fourth-order valence-electron chi connectivity index (χ4n) is 3.39. The molecule has 6 heteroatoms. The van der Waals surface area contributed by atoms with E-state index in [9.17, 15) is 4.79 Å². The van der Waals surface area contributed by atoms with Crippen LogP contribution in [0.5, 0.6) is 5.75 Å². The van der Waals surface area contributed by atoms with Crippen LogP contribution in [0.15, 0.2) is 60.9 Å². The van der Waals surface area contributed by atoms with Gasteiger partial charge < -0.3 is 10.1 Å². The van der Waals surface area contributed by atoms with Gasteiger partial charge in [0.1, 0.15) is 11.4 Å². The molecular formula is C24H16N4O2. The van der Waals surface area contributed by atoms with Crippen LogP contribution >= 0.6 is 0 Å². The Morgan fingerprint density at radius 3 is 2.87 bits per heavy atom. The third kappa shape index (κ3) is 3.19. The molecular weight excluding hydrogens is 376 g/mol. The minimum atomic E-state index is -0.133. The van der Waals surface area contributed by atoms with Crippen LogP contribution < -0.4 is 10.1 Å². The normalized spacial score (nSPS) is 13.6. The van der Waals surface area contributed by atoms with Crippen molar-refractivity contribution in [3.05, 3.63) is 83.3 Å². The second-order valence-electron chi connectivity index (χ2n) is 6.79. The smallest absolute Gasteiger partial charge is 0.256 e. The summed E-state index contributed by atoms with van der Waals surface area (Å²) in [6, 6.07) is 15.1. The lowest BCUT2D eigenvalue weighted by atomic mass is 10.0. The molecule has 0 bridgehead atoms. The fourth-order valence-corrected chi connectivity index (χ4v) is 3.39. The number of pyridine rings is 1. The number of aromatic nitrogens is 3. The van der Waals surface area contributed by atoms with Gasteiger partial charge in [0, 0.05) is 40.2 Å². The zero-order chi connectivity index (χ0) is 20.5. The maximum atomic E-state index is 12.5. The molecule has 0 saturated heterocycles. The largest absolute Gasteiger partial charge is 0.497 e. The van der Waals surface area contributed by atoms with Crippen molar-refractivity contribution < 1.29 is 9.53 Å². The zero-order valence-electron chi connectivity index (χ0n) is 16.1. The first-order chi connectivity index (χ1) is 14.7. The number of ether oxygens (including phenoxy) is 1. The first kappa shape index (κ1) is 17.7. The van der Waals surface area contributed by atoms with Gasteiger partial charge >= 0.3 is 0 Å². The van der Waals surface area contributed by atoms with Gasteiger partial charge in [-0.15, -0.1) is 0 Å². The van der Waals surface area contributed by atoms with E-state index in [4.69, 9.17) is 4.74 Å². The van der Waals surface area contributed by atoms with Gasteiger partial charge in [0.05, 0.1) is 12.6 Å². The van der Waals surface area contributed by atoms with Crippen LogP contribution in [-0.4, -0.2) is 28.2 Å². The van der Waals surface area contributed by atoms with E-state index in [2.05, 4.69) is 32.3 Å². The first-order valence-corrected chi connectivity index (χ1v) is 9.33. The van der Waals surface area contributed by atoms with Crippen molar-refractivity contribution in [3.63, 3.8) is 0 Å². The van der Waals surface area contributed by atoms with Crippen LogP contribution in [0.2, 0.25) is 0 Å². The Balaban J connectivity index is 1.50. The number of carbonyl (C=O) groups is 1. The highest BCUT2D eigenvalue weighted by Gasteiger charge is 2.24. The van der Waals surface area contributed by atoms with E-state index >= 15 is 0 Å². The molecule has 1 amide bonds. The molecule has 1 aliphatic heterocycles. The van der Waals surface area contributed by atoms with Crippen molar-refractivity contribution in [1.29, 1.82) is 0 Å². The van der Waals surface area contributed by atoms with Crippen LogP contribution in [0, 0.1) is 11.8 Å². The van der Waals surface area contributed by atoms with E-state index < -0.39 is 0 Å². The van der Waals surface area contributed by atoms with Crippen LogP contribution in [0.25, 0.3) is 22.6 Å². The van der Waals surface area contributed by atoms with Crippen molar-refractivity contribution in [1.82, 2.24) is 15.2 Å². The monoisotopic (exact) mass is 392 g/mol. The average molecular weight is 392 g/mol. The molecule has 4 aromatic rings. The van der Waals surface area contributed by atoms with Gasteiger partial charge in [0.15, 0.2) is 0 Å². The van der Waals surface area contributed by atoms with Crippen molar-refractivity contribution in [2.45, 2.75) is 0 Å². The van der Waals surface area contributed by atoms with E-state index in [0.717, 1.165) is 33.3 Å². The number of hydrogen-bond donors (Lipinski definition) is 2. The number of carbonyl (C=O) groups excluding carboxylic acids is 1. The molecule has 5 rings (SSSR count). The molecule has 6 nitrogen and oxygen atoms in total. The molecule has 0 aliphatic carbocycles. The summed E-state index contributed by atoms with van der Waals surface area (Å²) >= 11 is 0. The van der Waals surface area contributed by atoms with Gasteiger partial charge in [-0.3, -0.25) is 14.9 Å². The summed E-state index contributed by atoms with van der Waals surface area (Å²) in [6.07, 6.45) is 5.29. The minimum Gasteiger partial charge on any atom is -0.497 e. The van der Waals surface area contributed by atoms with E-state index in [1.54, 1.807) is 19.5 Å². The topological polar surface area (TPSA) is 79.9 Å². The van der Waals surface area contributed by atoms with Gasteiger partial charge in [-0.2, -0.15) is 5.10 Å². The molecule has 2 aromatic carbocycles. The summed E-state index contributed by atoms with van der Waals surface area (Å²) < 4.78 is 5.29. The molecule has 144 valence electrons. The van der Waals surface area contributed by atoms with Crippen molar-refractivity contribution in [3.8, 4) is 17.6 Å². The number of nitrogens with one attached hydrogen (secondary N) is 2. The number of fused-ring (bicyclic) bond motifs is 2. The molecule has 30 heavy (non-hydrogen) atoms. The Kier molecular flexibility index (Phi) is 4.26. The Labute approximate surface area is 172 Å². The fraction of sp³-hybridized carbons (Fsp3) is 0.0417. The second kappa shape index (κ2) is 7.22. The van der Waals surface area contributed by atoms with E-state index in [-0.39, 0.29) is 5.91 Å². The summed E-state index contributed by atoms with van der Waals surface area (Å²) in [5.41, 5.74) is 5.44. The van der Waals surface area contributed by atoms with Gasteiger partial charge in [0.2, 0.25) is 0 Å². The predicted octanol–water partition coefficient (Wildman–Crippen LogP) is 3.86. The predicted molar refractivity (Wildman–Crippen MR) is 116 cm³/mol. The van der Waals surface area contributed by atoms with Gasteiger partial charge in [-0.25, -0.2) is 0 Å². The number of H-pyrrole nitrogens is 1. The van der Waals surface area contributed by atoms with Crippen molar-refractivity contribution in [2.24, 2.45) is 0 Å². The molecule has 1 aliphatic rings. The Hall–Kier alpha value is -4.37. The molecule has 0 fully saturated rings. The third-order valence-electron chi connectivity index (χ3n) is 4.89. The highest BCUT2D eigenvalue weighted by Crippen LogP contribution is 2.35. The maximum Gasteiger partial charge on any atom is 0.256 e. The number of nitrogens with zero attached hydrogens (tertiary/aromatic N) is 2. The van der Waals surface area contributed by atoms with Gasteiger partial charge in [-0.05, 0) is 60.0 Å². The highest BCUT2D eigenvalue weighted by atomic mass is 16.5. The summed E-state index contributed by atoms with van der Waals surface area (Å²) in [6.45, 7) is 0. The average Bonchev–Trinajstić information content (AvgIpc) is 3.32. The van der Waals surface area contributed by atoms with Gasteiger partial charge in [0.25, 0.3) is 5.91 Å². The van der Waals surface area contributed by atoms with E-state index in [1.807, 2.05) is 54.6 Å². The summed E-state index contributed by atoms with van der Waals surface area (Å²) in [5.74, 6) is 6.72. The van der Waals surface area contributed by atoms with Crippen LogP contribution in [0.3, 0.4) is 0 Å². The summed E-state index contributed by atoms with van der Waals surface area (Å²) in [7, 11) is 1.61. The molecule has 0 spiro atoms. The highest BCUT2D eigenvalue weighted by molar-refractivity contribution is 6.35. The quantitative estimate of drug-likeness (QED) is 0.401. The van der Waals surface area contributed by atoms with E-state index in [0.29, 0.717) is 17.0 Å². The molecule has 0 radical (unpaired) electrons. The molecule has 0 unspecified atom stereocenters. The van der Waals surface area contributed by atoms with Crippen LogP contribution in [0.4, 0.5) is 5.69 Å². The van der Waals surface area contributed by atoms with Crippen molar-refractivity contribution in [2.75, 3.05) is 12.4 Å². The number of benzene rings is 2. The number of rotatable bonds is 2. The maximum absolute atomic E-state index is 12.5. The van der Waals surface area contributed by atoms with Crippen molar-refractivity contribution >= 4 is 34.1 Å². The number of hydrogen-bond acceptors (Lipinski definition) is 4. The number of aromatic amines is 1. The van der Waals surface area contributed by atoms with E-state index in [1.165, 1.54) is 0 Å². The summed E-state index contributed by atoms with van der Waals surface area (Å²) in [4.78, 5) is 16.5.